The molecule has 0 saturated carbocycles. The summed E-state index contributed by atoms with van der Waals surface area (Å²) in [6, 6.07) is 10.0. The fourth-order valence-corrected chi connectivity index (χ4v) is 2.52. The molecule has 0 bridgehead atoms. The van der Waals surface area contributed by atoms with Crippen LogP contribution in [0.3, 0.4) is 0 Å². The van der Waals surface area contributed by atoms with Crippen LogP contribution in [0.25, 0.3) is 11.4 Å². The van der Waals surface area contributed by atoms with E-state index in [1.165, 1.54) is 16.4 Å². The highest BCUT2D eigenvalue weighted by molar-refractivity contribution is 5.98. The van der Waals surface area contributed by atoms with Gasteiger partial charge in [0.25, 0.3) is 0 Å². The molecule has 3 aromatic rings. The smallest absolute Gasteiger partial charge is 0.204 e. The molecule has 1 heterocycles. The lowest BCUT2D eigenvalue weighted by atomic mass is 10.0. The standard InChI is InChI=1S/C19H18F2N4O/c1-11(2)13-4-6-14(7-5-13)19-22-24-25(23-19)12(3)18(26)15-8-9-16(20)17(21)10-15/h4-12H,1-3H3/t12-/m1/s1. The zero-order valence-corrected chi connectivity index (χ0v) is 14.6. The van der Waals surface area contributed by atoms with Gasteiger partial charge in [0.1, 0.15) is 6.04 Å². The van der Waals surface area contributed by atoms with E-state index < -0.39 is 23.5 Å². The molecule has 0 unspecified atom stereocenters. The zero-order chi connectivity index (χ0) is 18.8. The first-order chi connectivity index (χ1) is 12.4. The Kier molecular flexibility index (Phi) is 4.88. The van der Waals surface area contributed by atoms with E-state index in [9.17, 15) is 13.6 Å². The van der Waals surface area contributed by atoms with Crippen LogP contribution in [0.1, 0.15) is 48.7 Å². The van der Waals surface area contributed by atoms with Gasteiger partial charge in [0.05, 0.1) is 0 Å². The minimum Gasteiger partial charge on any atom is -0.292 e. The molecular weight excluding hydrogens is 338 g/mol. The minimum absolute atomic E-state index is 0.0523. The maximum atomic E-state index is 13.3. The Morgan fingerprint density at radius 2 is 1.69 bits per heavy atom. The molecule has 5 nitrogen and oxygen atoms in total. The highest BCUT2D eigenvalue weighted by Gasteiger charge is 2.21. The van der Waals surface area contributed by atoms with Crippen molar-refractivity contribution in [2.24, 2.45) is 0 Å². The number of nitrogens with zero attached hydrogens (tertiary/aromatic N) is 4. The van der Waals surface area contributed by atoms with Gasteiger partial charge in [-0.3, -0.25) is 4.79 Å². The van der Waals surface area contributed by atoms with Gasteiger partial charge < -0.3 is 0 Å². The van der Waals surface area contributed by atoms with Crippen LogP contribution in [-0.2, 0) is 0 Å². The largest absolute Gasteiger partial charge is 0.292 e. The summed E-state index contributed by atoms with van der Waals surface area (Å²) in [6.07, 6.45) is 0. The maximum Gasteiger partial charge on any atom is 0.204 e. The zero-order valence-electron chi connectivity index (χ0n) is 14.6. The molecule has 1 atom stereocenters. The van der Waals surface area contributed by atoms with Crippen LogP contribution < -0.4 is 0 Å². The van der Waals surface area contributed by atoms with Crippen molar-refractivity contribution < 1.29 is 13.6 Å². The number of ketones is 1. The lowest BCUT2D eigenvalue weighted by Gasteiger charge is -2.09. The average Bonchev–Trinajstić information content (AvgIpc) is 3.13. The molecule has 0 aliphatic rings. The van der Waals surface area contributed by atoms with Gasteiger partial charge in [-0.25, -0.2) is 8.78 Å². The molecule has 0 aliphatic carbocycles. The summed E-state index contributed by atoms with van der Waals surface area (Å²) in [5, 5.41) is 12.2. The Balaban J connectivity index is 1.82. The number of aromatic nitrogens is 4. The number of benzene rings is 2. The van der Waals surface area contributed by atoms with Crippen molar-refractivity contribution in [3.8, 4) is 11.4 Å². The van der Waals surface area contributed by atoms with Crippen molar-refractivity contribution in [3.05, 3.63) is 65.2 Å². The molecule has 2 aromatic carbocycles. The molecule has 0 amide bonds. The Morgan fingerprint density at radius 1 is 1.00 bits per heavy atom. The number of halogens is 2. The topological polar surface area (TPSA) is 60.7 Å². The quantitative estimate of drug-likeness (QED) is 0.643. The third-order valence-corrected chi connectivity index (χ3v) is 4.19. The highest BCUT2D eigenvalue weighted by atomic mass is 19.2. The summed E-state index contributed by atoms with van der Waals surface area (Å²) in [4.78, 5) is 13.6. The van der Waals surface area contributed by atoms with Gasteiger partial charge in [-0.15, -0.1) is 10.2 Å². The average molecular weight is 356 g/mol. The number of hydrogen-bond acceptors (Lipinski definition) is 4. The molecule has 0 radical (unpaired) electrons. The predicted octanol–water partition coefficient (Wildman–Crippen LogP) is 4.19. The normalized spacial score (nSPS) is 12.4. The summed E-state index contributed by atoms with van der Waals surface area (Å²) in [5.74, 6) is -1.68. The van der Waals surface area contributed by atoms with Crippen molar-refractivity contribution in [2.75, 3.05) is 0 Å². The molecule has 0 aliphatic heterocycles. The minimum atomic E-state index is -1.07. The lowest BCUT2D eigenvalue weighted by molar-refractivity contribution is 0.0917. The summed E-state index contributed by atoms with van der Waals surface area (Å²) in [6.45, 7) is 5.79. The first-order valence-corrected chi connectivity index (χ1v) is 8.26. The molecule has 1 aromatic heterocycles. The van der Waals surface area contributed by atoms with Crippen LogP contribution in [0, 0.1) is 11.6 Å². The van der Waals surface area contributed by atoms with Crippen molar-refractivity contribution in [1.82, 2.24) is 20.2 Å². The van der Waals surface area contributed by atoms with Crippen LogP contribution in [0.2, 0.25) is 0 Å². The molecular formula is C19H18F2N4O. The lowest BCUT2D eigenvalue weighted by Crippen LogP contribution is -2.19. The monoisotopic (exact) mass is 356 g/mol. The second-order valence-electron chi connectivity index (χ2n) is 6.38. The predicted molar refractivity (Wildman–Crippen MR) is 92.7 cm³/mol. The van der Waals surface area contributed by atoms with Gasteiger partial charge in [-0.2, -0.15) is 4.80 Å². The molecule has 3 rings (SSSR count). The number of carbonyl (C=O) groups excluding carboxylic acids is 1. The first kappa shape index (κ1) is 17.8. The molecule has 0 fully saturated rings. The summed E-state index contributed by atoms with van der Waals surface area (Å²) >= 11 is 0. The van der Waals surface area contributed by atoms with E-state index in [1.54, 1.807) is 6.92 Å². The number of tetrazole rings is 1. The van der Waals surface area contributed by atoms with Gasteiger partial charge in [-0.1, -0.05) is 38.1 Å². The van der Waals surface area contributed by atoms with Gasteiger partial charge in [0.2, 0.25) is 5.82 Å². The van der Waals surface area contributed by atoms with E-state index in [0.29, 0.717) is 11.7 Å². The van der Waals surface area contributed by atoms with E-state index in [0.717, 1.165) is 17.7 Å². The Morgan fingerprint density at radius 3 is 2.31 bits per heavy atom. The van der Waals surface area contributed by atoms with Crippen molar-refractivity contribution in [3.63, 3.8) is 0 Å². The van der Waals surface area contributed by atoms with Crippen LogP contribution in [-0.4, -0.2) is 26.0 Å². The molecule has 0 spiro atoms. The van der Waals surface area contributed by atoms with E-state index in [2.05, 4.69) is 29.3 Å². The Bertz CT molecular complexity index is 935. The highest BCUT2D eigenvalue weighted by Crippen LogP contribution is 2.21. The third kappa shape index (κ3) is 3.51. The summed E-state index contributed by atoms with van der Waals surface area (Å²) in [5.41, 5.74) is 2.03. The van der Waals surface area contributed by atoms with Gasteiger partial charge in [0, 0.05) is 11.1 Å². The van der Waals surface area contributed by atoms with Crippen molar-refractivity contribution in [1.29, 1.82) is 0 Å². The Hall–Kier alpha value is -2.96. The van der Waals surface area contributed by atoms with E-state index in [4.69, 9.17) is 0 Å². The van der Waals surface area contributed by atoms with Crippen LogP contribution in [0.5, 0.6) is 0 Å². The fourth-order valence-electron chi connectivity index (χ4n) is 2.52. The van der Waals surface area contributed by atoms with Crippen molar-refractivity contribution >= 4 is 5.78 Å². The number of carbonyl (C=O) groups is 1. The molecule has 26 heavy (non-hydrogen) atoms. The second-order valence-corrected chi connectivity index (χ2v) is 6.38. The summed E-state index contributed by atoms with van der Waals surface area (Å²) < 4.78 is 26.4. The van der Waals surface area contributed by atoms with Gasteiger partial charge in [-0.05, 0) is 41.8 Å². The number of rotatable bonds is 5. The molecule has 134 valence electrons. The molecule has 7 heteroatoms. The first-order valence-electron chi connectivity index (χ1n) is 8.26. The maximum absolute atomic E-state index is 13.3. The molecule has 0 saturated heterocycles. The van der Waals surface area contributed by atoms with Gasteiger partial charge >= 0.3 is 0 Å². The van der Waals surface area contributed by atoms with E-state index in [1.807, 2.05) is 24.3 Å². The van der Waals surface area contributed by atoms with Crippen LogP contribution >= 0.6 is 0 Å². The van der Waals surface area contributed by atoms with E-state index >= 15 is 0 Å². The number of Topliss-reactive ketones (excluding diaryl/α,β-unsaturated/α-hetero) is 1. The third-order valence-electron chi connectivity index (χ3n) is 4.19. The van der Waals surface area contributed by atoms with Gasteiger partial charge in [0.15, 0.2) is 17.4 Å². The Labute approximate surface area is 149 Å². The van der Waals surface area contributed by atoms with Crippen LogP contribution in [0.4, 0.5) is 8.78 Å². The second kappa shape index (κ2) is 7.11. The van der Waals surface area contributed by atoms with E-state index in [-0.39, 0.29) is 5.56 Å². The molecule has 0 N–H and O–H groups in total. The SMILES string of the molecule is CC(C)c1ccc(-c2nnn([C@H](C)C(=O)c3ccc(F)c(F)c3)n2)cc1. The fraction of sp³-hybridized carbons (Fsp3) is 0.263. The van der Waals surface area contributed by atoms with Crippen molar-refractivity contribution in [2.45, 2.75) is 32.7 Å². The summed E-state index contributed by atoms with van der Waals surface area (Å²) in [7, 11) is 0. The van der Waals surface area contributed by atoms with Crippen LogP contribution in [0.15, 0.2) is 42.5 Å². The number of hydrogen-bond donors (Lipinski definition) is 0.